The molecule has 0 bridgehead atoms. The molecule has 14 nitrogen and oxygen atoms in total. The third-order valence-electron chi connectivity index (χ3n) is 11.4. The van der Waals surface area contributed by atoms with E-state index in [1.54, 1.807) is 113 Å². The number of benzene rings is 6. The van der Waals surface area contributed by atoms with E-state index in [-0.39, 0.29) is 58.5 Å². The van der Waals surface area contributed by atoms with E-state index in [0.29, 0.717) is 53.7 Å². The standard InChI is InChI=1S/2C26H19F3N4O3/c27-26(28,29)21-14-18(8-10-20(21)16-5-2-1-3-6-16)25-30-24(32-36-25)17-9-11-22-19(13-17)15-33(31-22)12-4-7-23(34)35;27-26(28,29)21-14-18(8-10-20(21)16-5-2-1-3-6-16)25-31-24(32-36-25)17-9-11-22-19(13-17)15-30-33(22)12-4-7-23(34)35/h2*1-3,5-6,8-11,13-15H,4,7,12H2,(H,34,35). The molecule has 10 aromatic rings. The van der Waals surface area contributed by atoms with Crippen LogP contribution in [0.15, 0.2) is 155 Å². The summed E-state index contributed by atoms with van der Waals surface area (Å²) in [4.78, 5) is 30.1. The quantitative estimate of drug-likeness (QED) is 0.0983. The molecule has 10 rings (SSSR count). The normalized spacial score (nSPS) is 11.8. The van der Waals surface area contributed by atoms with E-state index in [9.17, 15) is 35.9 Å². The van der Waals surface area contributed by atoms with Crippen LogP contribution in [0, 0.1) is 0 Å². The summed E-state index contributed by atoms with van der Waals surface area (Å²) in [5, 5.41) is 35.8. The molecule has 6 aromatic carbocycles. The Morgan fingerprint density at radius 1 is 0.542 bits per heavy atom. The van der Waals surface area contributed by atoms with E-state index in [0.717, 1.165) is 28.4 Å². The van der Waals surface area contributed by atoms with Crippen molar-refractivity contribution in [2.45, 2.75) is 51.1 Å². The molecule has 0 saturated heterocycles. The van der Waals surface area contributed by atoms with Crippen molar-refractivity contribution in [3.63, 3.8) is 0 Å². The maximum atomic E-state index is 13.9. The van der Waals surface area contributed by atoms with E-state index >= 15 is 0 Å². The zero-order valence-corrected chi connectivity index (χ0v) is 37.5. The Labute approximate surface area is 403 Å². The number of rotatable bonds is 14. The first-order valence-corrected chi connectivity index (χ1v) is 22.2. The fourth-order valence-corrected chi connectivity index (χ4v) is 7.99. The highest BCUT2D eigenvalue weighted by Gasteiger charge is 2.36. The first kappa shape index (κ1) is 48.1. The zero-order valence-electron chi connectivity index (χ0n) is 37.5. The highest BCUT2D eigenvalue weighted by atomic mass is 19.4. The largest absolute Gasteiger partial charge is 0.481 e. The number of alkyl halides is 6. The van der Waals surface area contributed by atoms with Crippen molar-refractivity contribution in [1.82, 2.24) is 39.8 Å². The van der Waals surface area contributed by atoms with Crippen LogP contribution in [0.4, 0.5) is 26.3 Å². The van der Waals surface area contributed by atoms with Crippen LogP contribution in [0.1, 0.15) is 36.8 Å². The van der Waals surface area contributed by atoms with Crippen molar-refractivity contribution >= 4 is 33.7 Å². The molecule has 0 atom stereocenters. The van der Waals surface area contributed by atoms with Gasteiger partial charge in [-0.05, 0) is 95.8 Å². The summed E-state index contributed by atoms with van der Waals surface area (Å²) in [6.45, 7) is 0.922. The molecule has 0 aliphatic carbocycles. The number of carbonyl (C=O) groups is 2. The number of hydrogen-bond donors (Lipinski definition) is 2. The molecular weight excluding hydrogens is 947 g/mol. The number of halogens is 6. The van der Waals surface area contributed by atoms with Crippen LogP contribution in [0.2, 0.25) is 0 Å². The third-order valence-corrected chi connectivity index (χ3v) is 11.4. The van der Waals surface area contributed by atoms with Crippen LogP contribution in [-0.2, 0) is 35.0 Å². The zero-order chi connectivity index (χ0) is 50.6. The first-order valence-electron chi connectivity index (χ1n) is 22.2. The molecule has 0 unspecified atom stereocenters. The van der Waals surface area contributed by atoms with Gasteiger partial charge in [0.2, 0.25) is 11.6 Å². The van der Waals surface area contributed by atoms with Gasteiger partial charge in [0.05, 0.1) is 28.4 Å². The number of nitrogens with zero attached hydrogens (tertiary/aromatic N) is 8. The summed E-state index contributed by atoms with van der Waals surface area (Å²) in [5.74, 6) is -1.32. The molecule has 0 saturated carbocycles. The van der Waals surface area contributed by atoms with Gasteiger partial charge in [0.25, 0.3) is 11.8 Å². The topological polar surface area (TPSA) is 188 Å². The molecule has 0 spiro atoms. The highest BCUT2D eigenvalue weighted by Crippen LogP contribution is 2.41. The molecule has 0 fully saturated rings. The fourth-order valence-electron chi connectivity index (χ4n) is 7.99. The van der Waals surface area contributed by atoms with Gasteiger partial charge in [-0.2, -0.15) is 46.5 Å². The summed E-state index contributed by atoms with van der Waals surface area (Å²) in [5.41, 5.74) is 2.54. The van der Waals surface area contributed by atoms with Gasteiger partial charge in [-0.15, -0.1) is 0 Å². The van der Waals surface area contributed by atoms with E-state index in [2.05, 4.69) is 30.5 Å². The lowest BCUT2D eigenvalue weighted by molar-refractivity contribution is -0.138. The van der Waals surface area contributed by atoms with Gasteiger partial charge < -0.3 is 19.3 Å². The van der Waals surface area contributed by atoms with Crippen molar-refractivity contribution in [3.8, 4) is 67.9 Å². The lowest BCUT2D eigenvalue weighted by Gasteiger charge is -2.14. The van der Waals surface area contributed by atoms with Crippen LogP contribution < -0.4 is 0 Å². The minimum atomic E-state index is -4.57. The Morgan fingerprint density at radius 2 is 1.03 bits per heavy atom. The summed E-state index contributed by atoms with van der Waals surface area (Å²) in [7, 11) is 0. The molecule has 72 heavy (non-hydrogen) atoms. The predicted molar refractivity (Wildman–Crippen MR) is 252 cm³/mol. The van der Waals surface area contributed by atoms with Gasteiger partial charge in [0.1, 0.15) is 0 Å². The van der Waals surface area contributed by atoms with Crippen LogP contribution in [-0.4, -0.2) is 62.0 Å². The van der Waals surface area contributed by atoms with E-state index in [1.807, 2.05) is 6.07 Å². The van der Waals surface area contributed by atoms with Crippen molar-refractivity contribution in [1.29, 1.82) is 0 Å². The van der Waals surface area contributed by atoms with E-state index < -0.39 is 35.4 Å². The van der Waals surface area contributed by atoms with Crippen molar-refractivity contribution < 1.29 is 55.2 Å². The molecule has 0 aliphatic rings. The lowest BCUT2D eigenvalue weighted by Crippen LogP contribution is -2.07. The molecule has 0 aliphatic heterocycles. The average molecular weight is 985 g/mol. The average Bonchev–Trinajstić information content (AvgIpc) is 4.21. The van der Waals surface area contributed by atoms with Crippen LogP contribution in [0.3, 0.4) is 0 Å². The highest BCUT2D eigenvalue weighted by molar-refractivity contribution is 5.85. The number of hydrogen-bond acceptors (Lipinski definition) is 10. The van der Waals surface area contributed by atoms with Gasteiger partial charge in [-0.25, -0.2) is 0 Å². The second-order valence-corrected chi connectivity index (χ2v) is 16.4. The molecule has 2 N–H and O–H groups in total. The van der Waals surface area contributed by atoms with Crippen molar-refractivity contribution in [3.05, 3.63) is 157 Å². The molecule has 4 aromatic heterocycles. The molecule has 0 radical (unpaired) electrons. The van der Waals surface area contributed by atoms with Crippen molar-refractivity contribution in [2.75, 3.05) is 0 Å². The van der Waals surface area contributed by atoms with Gasteiger partial charge in [0, 0.05) is 65.2 Å². The Kier molecular flexibility index (Phi) is 13.5. The molecule has 364 valence electrons. The SMILES string of the molecule is O=C(O)CCCn1cc2cc(-c3noc(-c4ccc(-c5ccccc5)c(C(F)(F)F)c4)n3)ccc2n1.O=C(O)CCCn1ncc2cc(-c3noc(-c4ccc(-c5ccccc5)c(C(F)(F)F)c4)n3)ccc21. The third kappa shape index (κ3) is 10.9. The number of fused-ring (bicyclic) bond motifs is 2. The number of carboxylic acids is 2. The summed E-state index contributed by atoms with van der Waals surface area (Å²) >= 11 is 0. The predicted octanol–water partition coefficient (Wildman–Crippen LogP) is 12.6. The molecule has 0 amide bonds. The monoisotopic (exact) mass is 984 g/mol. The Morgan fingerprint density at radius 3 is 1.54 bits per heavy atom. The summed E-state index contributed by atoms with van der Waals surface area (Å²) in [6, 6.07) is 35.3. The van der Waals surface area contributed by atoms with Gasteiger partial charge in [0.15, 0.2) is 0 Å². The first-order chi connectivity index (χ1) is 34.6. The van der Waals surface area contributed by atoms with Gasteiger partial charge in [-0.1, -0.05) is 83.1 Å². The lowest BCUT2D eigenvalue weighted by atomic mass is 9.97. The maximum absolute atomic E-state index is 13.9. The Balaban J connectivity index is 0.000000178. The van der Waals surface area contributed by atoms with Crippen LogP contribution in [0.25, 0.3) is 89.7 Å². The smallest absolute Gasteiger partial charge is 0.417 e. The summed E-state index contributed by atoms with van der Waals surface area (Å²) < 4.78 is 97.2. The minimum absolute atomic E-state index is 0.0282. The van der Waals surface area contributed by atoms with Crippen LogP contribution >= 0.6 is 0 Å². The Hall–Kier alpha value is -8.94. The van der Waals surface area contributed by atoms with Gasteiger partial charge >= 0.3 is 24.3 Å². The Bertz CT molecular complexity index is 3400. The second-order valence-electron chi connectivity index (χ2n) is 16.4. The van der Waals surface area contributed by atoms with Gasteiger partial charge in [-0.3, -0.25) is 19.0 Å². The van der Waals surface area contributed by atoms with E-state index in [1.165, 1.54) is 24.3 Å². The molecule has 20 heteroatoms. The fraction of sp³-hybridized carbons (Fsp3) is 0.154. The number of aryl methyl sites for hydroxylation is 2. The number of aliphatic carboxylic acids is 2. The van der Waals surface area contributed by atoms with Crippen molar-refractivity contribution in [2.24, 2.45) is 0 Å². The molecule has 4 heterocycles. The molecular formula is C52H38F6N8O6. The summed E-state index contributed by atoms with van der Waals surface area (Å²) in [6.07, 6.45) is -4.70. The maximum Gasteiger partial charge on any atom is 0.417 e. The van der Waals surface area contributed by atoms with E-state index in [4.69, 9.17) is 19.3 Å². The van der Waals surface area contributed by atoms with Crippen LogP contribution in [0.5, 0.6) is 0 Å². The second kappa shape index (κ2) is 20.2. The number of carboxylic acid groups (broad SMARTS) is 2. The number of aromatic nitrogens is 8. The minimum Gasteiger partial charge on any atom is -0.481 e.